The zero-order valence-corrected chi connectivity index (χ0v) is 18.9. The minimum absolute atomic E-state index is 0.0705. The molecule has 2 aliphatic rings. The summed E-state index contributed by atoms with van der Waals surface area (Å²) >= 11 is 0. The molecular formula is C27H27N3O3. The average molecular weight is 442 g/mol. The van der Waals surface area contributed by atoms with Gasteiger partial charge in [-0.15, -0.1) is 0 Å². The van der Waals surface area contributed by atoms with E-state index in [-0.39, 0.29) is 18.2 Å². The van der Waals surface area contributed by atoms with Gasteiger partial charge in [0.15, 0.2) is 5.78 Å². The molecule has 0 saturated heterocycles. The van der Waals surface area contributed by atoms with Gasteiger partial charge in [-0.05, 0) is 74.2 Å². The lowest BCUT2D eigenvalue weighted by atomic mass is 9.88. The lowest BCUT2D eigenvalue weighted by molar-refractivity contribution is -0.117. The van der Waals surface area contributed by atoms with Crippen molar-refractivity contribution in [2.24, 2.45) is 0 Å². The number of nitrogens with one attached hydrogen (secondary N) is 2. The fourth-order valence-electron chi connectivity index (χ4n) is 4.69. The van der Waals surface area contributed by atoms with Crippen molar-refractivity contribution in [1.29, 1.82) is 0 Å². The topological polar surface area (TPSA) is 74.6 Å². The largest absolute Gasteiger partial charge is 0.467 e. The number of carbonyl (C=O) groups excluding carboxylic acids is 2. The van der Waals surface area contributed by atoms with E-state index in [0.29, 0.717) is 17.8 Å². The van der Waals surface area contributed by atoms with Crippen molar-refractivity contribution in [2.75, 3.05) is 22.1 Å². The number of benzene rings is 2. The summed E-state index contributed by atoms with van der Waals surface area (Å²) in [6.45, 7) is 4.14. The van der Waals surface area contributed by atoms with Crippen molar-refractivity contribution in [1.82, 2.24) is 0 Å². The number of carbonyl (C=O) groups is 2. The van der Waals surface area contributed by atoms with E-state index < -0.39 is 6.04 Å². The number of para-hydroxylation sites is 2. The Kier molecular flexibility index (Phi) is 5.50. The van der Waals surface area contributed by atoms with Crippen LogP contribution in [-0.4, -0.2) is 18.2 Å². The Bertz CT molecular complexity index is 1240. The van der Waals surface area contributed by atoms with Crippen LogP contribution < -0.4 is 15.5 Å². The molecule has 1 atom stereocenters. The molecule has 6 heteroatoms. The second-order valence-electron chi connectivity index (χ2n) is 8.70. The zero-order valence-electron chi connectivity index (χ0n) is 18.9. The summed E-state index contributed by atoms with van der Waals surface area (Å²) in [7, 11) is 0. The van der Waals surface area contributed by atoms with Crippen molar-refractivity contribution in [3.63, 3.8) is 0 Å². The van der Waals surface area contributed by atoms with Gasteiger partial charge in [-0.3, -0.25) is 9.59 Å². The number of Topliss-reactive ketones (excluding diaryl/α,β-unsaturated/α-hetero) is 1. The lowest BCUT2D eigenvalue weighted by Crippen LogP contribution is -2.38. The quantitative estimate of drug-likeness (QED) is 0.558. The van der Waals surface area contributed by atoms with E-state index in [0.717, 1.165) is 41.2 Å². The summed E-state index contributed by atoms with van der Waals surface area (Å²) in [6, 6.07) is 17.0. The molecule has 5 rings (SSSR count). The SMILES string of the molecule is Cc1ccc(NC(=O)CN2c3ccccc3NC3=C(C(=O)CCC3)[C@@H]2c2ccco2)cc1C. The number of furan rings is 1. The Labute approximate surface area is 193 Å². The van der Waals surface area contributed by atoms with Gasteiger partial charge in [-0.2, -0.15) is 0 Å². The maximum absolute atomic E-state index is 13.3. The predicted molar refractivity (Wildman–Crippen MR) is 129 cm³/mol. The molecule has 1 aromatic heterocycles. The molecule has 168 valence electrons. The summed E-state index contributed by atoms with van der Waals surface area (Å²) < 4.78 is 5.81. The van der Waals surface area contributed by atoms with Gasteiger partial charge in [0, 0.05) is 23.4 Å². The number of allylic oxidation sites excluding steroid dienone is 1. The number of aryl methyl sites for hydroxylation is 2. The minimum Gasteiger partial charge on any atom is -0.467 e. The Morgan fingerprint density at radius 2 is 1.94 bits per heavy atom. The molecule has 0 saturated carbocycles. The minimum atomic E-state index is -0.482. The highest BCUT2D eigenvalue weighted by molar-refractivity contribution is 6.02. The summed E-state index contributed by atoms with van der Waals surface area (Å²) in [5, 5.41) is 6.52. The third kappa shape index (κ3) is 4.04. The van der Waals surface area contributed by atoms with Crippen LogP contribution in [0.25, 0.3) is 0 Å². The first-order valence-corrected chi connectivity index (χ1v) is 11.3. The summed E-state index contributed by atoms with van der Waals surface area (Å²) in [5.74, 6) is 0.588. The number of rotatable bonds is 4. The van der Waals surface area contributed by atoms with Gasteiger partial charge in [0.2, 0.25) is 5.91 Å². The molecule has 1 amide bonds. The van der Waals surface area contributed by atoms with Gasteiger partial charge in [-0.1, -0.05) is 18.2 Å². The van der Waals surface area contributed by atoms with Gasteiger partial charge >= 0.3 is 0 Å². The molecular weight excluding hydrogens is 414 g/mol. The molecule has 0 radical (unpaired) electrons. The Balaban J connectivity index is 1.56. The molecule has 6 nitrogen and oxygen atoms in total. The fourth-order valence-corrected chi connectivity index (χ4v) is 4.69. The van der Waals surface area contributed by atoms with Crippen LogP contribution in [0.4, 0.5) is 17.1 Å². The number of fused-ring (bicyclic) bond motifs is 1. The summed E-state index contributed by atoms with van der Waals surface area (Å²) in [6.07, 6.45) is 3.71. The highest BCUT2D eigenvalue weighted by atomic mass is 16.3. The Morgan fingerprint density at radius 3 is 2.73 bits per heavy atom. The number of ketones is 1. The third-order valence-electron chi connectivity index (χ3n) is 6.46. The second kappa shape index (κ2) is 8.62. The van der Waals surface area contributed by atoms with Crippen LogP contribution in [0.5, 0.6) is 0 Å². The van der Waals surface area contributed by atoms with E-state index in [1.54, 1.807) is 6.26 Å². The van der Waals surface area contributed by atoms with Crippen molar-refractivity contribution < 1.29 is 14.0 Å². The Morgan fingerprint density at radius 1 is 1.09 bits per heavy atom. The molecule has 1 aliphatic carbocycles. The van der Waals surface area contributed by atoms with Crippen LogP contribution >= 0.6 is 0 Å². The predicted octanol–water partition coefficient (Wildman–Crippen LogP) is 5.52. The van der Waals surface area contributed by atoms with E-state index in [9.17, 15) is 9.59 Å². The van der Waals surface area contributed by atoms with Crippen molar-refractivity contribution in [3.8, 4) is 0 Å². The highest BCUT2D eigenvalue weighted by Gasteiger charge is 2.38. The first kappa shape index (κ1) is 21.1. The highest BCUT2D eigenvalue weighted by Crippen LogP contribution is 2.44. The molecule has 2 N–H and O–H groups in total. The smallest absolute Gasteiger partial charge is 0.243 e. The molecule has 33 heavy (non-hydrogen) atoms. The van der Waals surface area contributed by atoms with Crippen LogP contribution in [0.3, 0.4) is 0 Å². The van der Waals surface area contributed by atoms with Crippen LogP contribution in [0.1, 0.15) is 42.2 Å². The molecule has 3 aromatic rings. The Hall–Kier alpha value is -3.80. The molecule has 1 aliphatic heterocycles. The molecule has 2 heterocycles. The number of hydrogen-bond acceptors (Lipinski definition) is 5. The van der Waals surface area contributed by atoms with Gasteiger partial charge in [0.05, 0.1) is 24.2 Å². The molecule has 0 unspecified atom stereocenters. The maximum Gasteiger partial charge on any atom is 0.243 e. The fraction of sp³-hybridized carbons (Fsp3) is 0.259. The average Bonchev–Trinajstić information content (AvgIpc) is 3.28. The normalized spacial score (nSPS) is 17.7. The standard InChI is InChI=1S/C27H27N3O3/c1-17-12-13-19(15-18(17)2)28-25(32)16-30-22-9-4-3-7-20(22)29-21-8-5-10-23(31)26(21)27(30)24-11-6-14-33-24/h3-4,6-7,9,11-15,27,29H,5,8,10,16H2,1-2H3,(H,28,32)/t27-/m0/s1. The summed E-state index contributed by atoms with van der Waals surface area (Å²) in [4.78, 5) is 28.4. The first-order chi connectivity index (χ1) is 16.0. The van der Waals surface area contributed by atoms with Crippen LogP contribution in [-0.2, 0) is 9.59 Å². The summed E-state index contributed by atoms with van der Waals surface area (Å²) in [5.41, 5.74) is 6.39. The molecule has 0 spiro atoms. The van der Waals surface area contributed by atoms with Crippen LogP contribution in [0.2, 0.25) is 0 Å². The first-order valence-electron chi connectivity index (χ1n) is 11.3. The van der Waals surface area contributed by atoms with Crippen LogP contribution in [0.15, 0.2) is 76.5 Å². The maximum atomic E-state index is 13.3. The monoisotopic (exact) mass is 441 g/mol. The van der Waals surface area contributed by atoms with Crippen LogP contribution in [0, 0.1) is 13.8 Å². The second-order valence-corrected chi connectivity index (χ2v) is 8.70. The molecule has 2 aromatic carbocycles. The number of hydrogen-bond donors (Lipinski definition) is 2. The number of amides is 1. The van der Waals surface area contributed by atoms with Crippen molar-refractivity contribution >= 4 is 28.8 Å². The van der Waals surface area contributed by atoms with E-state index in [4.69, 9.17) is 4.42 Å². The van der Waals surface area contributed by atoms with Gasteiger partial charge in [0.1, 0.15) is 11.8 Å². The van der Waals surface area contributed by atoms with Gasteiger partial charge in [-0.25, -0.2) is 0 Å². The van der Waals surface area contributed by atoms with Crippen molar-refractivity contribution in [3.05, 3.63) is 89.0 Å². The number of nitrogens with zero attached hydrogens (tertiary/aromatic N) is 1. The molecule has 0 fully saturated rings. The molecule has 0 bridgehead atoms. The number of anilines is 3. The van der Waals surface area contributed by atoms with Crippen molar-refractivity contribution in [2.45, 2.75) is 39.2 Å². The van der Waals surface area contributed by atoms with E-state index in [1.807, 2.05) is 73.3 Å². The van der Waals surface area contributed by atoms with E-state index >= 15 is 0 Å². The lowest BCUT2D eigenvalue weighted by Gasteiger charge is -2.33. The van der Waals surface area contributed by atoms with Gasteiger partial charge < -0.3 is 20.0 Å². The van der Waals surface area contributed by atoms with E-state index in [2.05, 4.69) is 10.6 Å². The third-order valence-corrected chi connectivity index (χ3v) is 6.46. The van der Waals surface area contributed by atoms with Gasteiger partial charge in [0.25, 0.3) is 0 Å². The van der Waals surface area contributed by atoms with E-state index in [1.165, 1.54) is 5.56 Å². The zero-order chi connectivity index (χ0) is 22.9.